The van der Waals surface area contributed by atoms with Crippen LogP contribution in [0.1, 0.15) is 32.1 Å². The highest BCUT2D eigenvalue weighted by Gasteiger charge is 2.48. The zero-order valence-corrected chi connectivity index (χ0v) is 11.9. The monoisotopic (exact) mass is 309 g/mol. The summed E-state index contributed by atoms with van der Waals surface area (Å²) in [7, 11) is 0. The summed E-state index contributed by atoms with van der Waals surface area (Å²) in [6.07, 6.45) is -2.61. The summed E-state index contributed by atoms with van der Waals surface area (Å²) >= 11 is 0. The van der Waals surface area contributed by atoms with Gasteiger partial charge in [-0.15, -0.1) is 0 Å². The number of hydrogen-bond acceptors (Lipinski definition) is 4. The van der Waals surface area contributed by atoms with Crippen molar-refractivity contribution in [2.24, 2.45) is 5.92 Å². The second-order valence-corrected chi connectivity index (χ2v) is 6.34. The third kappa shape index (κ3) is 3.21. The van der Waals surface area contributed by atoms with Gasteiger partial charge in [0.2, 0.25) is 0 Å². The van der Waals surface area contributed by atoms with Crippen LogP contribution in [0.15, 0.2) is 0 Å². The van der Waals surface area contributed by atoms with Crippen LogP contribution in [0.25, 0.3) is 0 Å². The first kappa shape index (κ1) is 15.5. The van der Waals surface area contributed by atoms with Gasteiger partial charge in [0.15, 0.2) is 5.79 Å². The highest BCUT2D eigenvalue weighted by molar-refractivity contribution is 4.94. The Morgan fingerprint density at radius 3 is 2.24 bits per heavy atom. The Morgan fingerprint density at radius 2 is 1.67 bits per heavy atom. The van der Waals surface area contributed by atoms with Crippen molar-refractivity contribution in [1.82, 2.24) is 4.90 Å². The van der Waals surface area contributed by atoms with E-state index in [0.717, 1.165) is 0 Å². The fourth-order valence-corrected chi connectivity index (χ4v) is 3.81. The minimum atomic E-state index is -4.10. The quantitative estimate of drug-likeness (QED) is 0.803. The molecule has 1 saturated carbocycles. The van der Waals surface area contributed by atoms with E-state index >= 15 is 0 Å². The van der Waals surface area contributed by atoms with Gasteiger partial charge in [0.25, 0.3) is 0 Å². The first-order valence-electron chi connectivity index (χ1n) is 7.66. The second kappa shape index (κ2) is 5.68. The Hall–Kier alpha value is -0.370. The number of hydrogen-bond donors (Lipinski definition) is 1. The average Bonchev–Trinajstić information content (AvgIpc) is 2.90. The van der Waals surface area contributed by atoms with Gasteiger partial charge in [-0.25, -0.2) is 0 Å². The highest BCUT2D eigenvalue weighted by atomic mass is 19.4. The zero-order valence-electron chi connectivity index (χ0n) is 11.9. The SMILES string of the molecule is OC1CCC2(CC1N1CCC(C(F)(F)F)CC1)OCCO2. The van der Waals surface area contributed by atoms with Crippen LogP contribution in [0.5, 0.6) is 0 Å². The number of piperidine rings is 1. The highest BCUT2D eigenvalue weighted by Crippen LogP contribution is 2.40. The molecular weight excluding hydrogens is 287 g/mol. The van der Waals surface area contributed by atoms with Crippen LogP contribution in [0.4, 0.5) is 13.2 Å². The van der Waals surface area contributed by atoms with Crippen LogP contribution in [0.3, 0.4) is 0 Å². The van der Waals surface area contributed by atoms with Crippen molar-refractivity contribution in [3.8, 4) is 0 Å². The number of nitrogens with zero attached hydrogens (tertiary/aromatic N) is 1. The van der Waals surface area contributed by atoms with E-state index in [1.165, 1.54) is 0 Å². The van der Waals surface area contributed by atoms with E-state index in [2.05, 4.69) is 0 Å². The van der Waals surface area contributed by atoms with E-state index in [0.29, 0.717) is 45.6 Å². The average molecular weight is 309 g/mol. The Balaban J connectivity index is 1.61. The van der Waals surface area contributed by atoms with Crippen molar-refractivity contribution in [1.29, 1.82) is 0 Å². The molecule has 0 aromatic heterocycles. The van der Waals surface area contributed by atoms with E-state index in [9.17, 15) is 18.3 Å². The standard InChI is InChI=1S/C14H22F3NO3/c15-14(16,17)10-2-5-18(6-3-10)11-9-13(4-1-12(11)19)20-7-8-21-13/h10-12,19H,1-9H2. The molecule has 0 amide bonds. The third-order valence-corrected chi connectivity index (χ3v) is 5.06. The number of alkyl halides is 3. The molecular formula is C14H22F3NO3. The molecule has 1 N–H and O–H groups in total. The van der Waals surface area contributed by atoms with Crippen LogP contribution < -0.4 is 0 Å². The predicted octanol–water partition coefficient (Wildman–Crippen LogP) is 1.92. The lowest BCUT2D eigenvalue weighted by Crippen LogP contribution is -2.55. The summed E-state index contributed by atoms with van der Waals surface area (Å²) in [5.74, 6) is -1.83. The van der Waals surface area contributed by atoms with Gasteiger partial charge >= 0.3 is 6.18 Å². The summed E-state index contributed by atoms with van der Waals surface area (Å²) in [5, 5.41) is 10.2. The molecule has 2 atom stereocenters. The van der Waals surface area contributed by atoms with Crippen LogP contribution >= 0.6 is 0 Å². The van der Waals surface area contributed by atoms with Crippen LogP contribution in [0.2, 0.25) is 0 Å². The van der Waals surface area contributed by atoms with E-state index < -0.39 is 24.0 Å². The summed E-state index contributed by atoms with van der Waals surface area (Å²) in [6, 6.07) is -0.161. The smallest absolute Gasteiger partial charge is 0.391 e. The molecule has 0 radical (unpaired) electrons. The van der Waals surface area contributed by atoms with E-state index in [1.54, 1.807) is 0 Å². The van der Waals surface area contributed by atoms with Gasteiger partial charge in [-0.2, -0.15) is 13.2 Å². The molecule has 2 unspecified atom stereocenters. The molecule has 0 aromatic rings. The summed E-state index contributed by atoms with van der Waals surface area (Å²) < 4.78 is 49.5. The van der Waals surface area contributed by atoms with Gasteiger partial charge in [-0.1, -0.05) is 0 Å². The summed E-state index contributed by atoms with van der Waals surface area (Å²) in [4.78, 5) is 1.98. The molecule has 4 nitrogen and oxygen atoms in total. The van der Waals surface area contributed by atoms with Crippen LogP contribution in [-0.4, -0.2) is 60.4 Å². The number of rotatable bonds is 1. The van der Waals surface area contributed by atoms with Crippen molar-refractivity contribution in [3.63, 3.8) is 0 Å². The molecule has 3 aliphatic rings. The van der Waals surface area contributed by atoms with Gasteiger partial charge in [-0.3, -0.25) is 4.90 Å². The Kier molecular flexibility index (Phi) is 4.20. The summed E-state index contributed by atoms with van der Waals surface area (Å²) in [6.45, 7) is 1.86. The number of likely N-dealkylation sites (tertiary alicyclic amines) is 1. The zero-order chi connectivity index (χ0) is 15.1. The largest absolute Gasteiger partial charge is 0.391 e. The molecule has 21 heavy (non-hydrogen) atoms. The molecule has 1 spiro atoms. The third-order valence-electron chi connectivity index (χ3n) is 5.06. The Bertz CT molecular complexity index is 363. The normalized spacial score (nSPS) is 35.4. The molecule has 7 heteroatoms. The van der Waals surface area contributed by atoms with E-state index in [4.69, 9.17) is 9.47 Å². The van der Waals surface area contributed by atoms with Crippen molar-refractivity contribution in [3.05, 3.63) is 0 Å². The molecule has 3 rings (SSSR count). The van der Waals surface area contributed by atoms with Crippen LogP contribution in [-0.2, 0) is 9.47 Å². The lowest BCUT2D eigenvalue weighted by atomic mass is 9.84. The maximum Gasteiger partial charge on any atom is 0.391 e. The van der Waals surface area contributed by atoms with E-state index in [-0.39, 0.29) is 18.9 Å². The number of ether oxygens (including phenoxy) is 2. The minimum Gasteiger partial charge on any atom is -0.391 e. The van der Waals surface area contributed by atoms with Crippen molar-refractivity contribution >= 4 is 0 Å². The van der Waals surface area contributed by atoms with Crippen molar-refractivity contribution in [2.45, 2.75) is 56.2 Å². The molecule has 2 aliphatic heterocycles. The lowest BCUT2D eigenvalue weighted by Gasteiger charge is -2.46. The number of aliphatic hydroxyl groups is 1. The number of aliphatic hydroxyl groups excluding tert-OH is 1. The lowest BCUT2D eigenvalue weighted by molar-refractivity contribution is -0.213. The maximum atomic E-state index is 12.7. The van der Waals surface area contributed by atoms with Gasteiger partial charge in [-0.05, 0) is 32.4 Å². The van der Waals surface area contributed by atoms with Gasteiger partial charge < -0.3 is 14.6 Å². The van der Waals surface area contributed by atoms with E-state index in [1.807, 2.05) is 4.90 Å². The summed E-state index contributed by atoms with van der Waals surface area (Å²) in [5.41, 5.74) is 0. The molecule has 2 saturated heterocycles. The predicted molar refractivity (Wildman–Crippen MR) is 68.6 cm³/mol. The topological polar surface area (TPSA) is 41.9 Å². The maximum absolute atomic E-state index is 12.7. The minimum absolute atomic E-state index is 0.113. The Labute approximate surface area is 122 Å². The number of halogens is 3. The first-order valence-corrected chi connectivity index (χ1v) is 7.66. The molecule has 0 aromatic carbocycles. The Morgan fingerprint density at radius 1 is 1.05 bits per heavy atom. The van der Waals surface area contributed by atoms with Gasteiger partial charge in [0, 0.05) is 18.9 Å². The first-order chi connectivity index (χ1) is 9.90. The van der Waals surface area contributed by atoms with Gasteiger partial charge in [0.1, 0.15) is 0 Å². The molecule has 3 fully saturated rings. The fraction of sp³-hybridized carbons (Fsp3) is 1.00. The van der Waals surface area contributed by atoms with Crippen LogP contribution in [0, 0.1) is 5.92 Å². The molecule has 0 bridgehead atoms. The molecule has 122 valence electrons. The second-order valence-electron chi connectivity index (χ2n) is 6.34. The van der Waals surface area contributed by atoms with Crippen molar-refractivity contribution < 1.29 is 27.8 Å². The van der Waals surface area contributed by atoms with Crippen molar-refractivity contribution in [2.75, 3.05) is 26.3 Å². The molecule has 1 aliphatic carbocycles. The molecule has 2 heterocycles. The van der Waals surface area contributed by atoms with Gasteiger partial charge in [0.05, 0.1) is 25.2 Å². The fourth-order valence-electron chi connectivity index (χ4n) is 3.81.